The Morgan fingerprint density at radius 3 is 2.76 bits per heavy atom. The fourth-order valence-electron chi connectivity index (χ4n) is 2.40. The average Bonchev–Trinajstić information content (AvgIpc) is 2.82. The molecule has 1 heterocycles. The summed E-state index contributed by atoms with van der Waals surface area (Å²) in [5, 5.41) is 0. The van der Waals surface area contributed by atoms with Crippen molar-refractivity contribution in [2.24, 2.45) is 0 Å². The molecule has 0 aromatic heterocycles. The van der Waals surface area contributed by atoms with Crippen LogP contribution < -0.4 is 0 Å². The first-order valence-electron chi connectivity index (χ1n) is 5.57. The van der Waals surface area contributed by atoms with Gasteiger partial charge in [-0.25, -0.2) is 4.79 Å². The summed E-state index contributed by atoms with van der Waals surface area (Å²) in [6.07, 6.45) is 0.961. The average molecular weight is 244 g/mol. The molecule has 1 aliphatic heterocycles. The summed E-state index contributed by atoms with van der Waals surface area (Å²) in [4.78, 5) is 13.2. The molecule has 0 atom stereocenters. The Hall–Kier alpha value is -1.48. The monoisotopic (exact) mass is 244 g/mol. The second-order valence-electron chi connectivity index (χ2n) is 4.01. The van der Waals surface area contributed by atoms with Gasteiger partial charge < -0.3 is 4.74 Å². The second-order valence-corrected chi connectivity index (χ2v) is 5.12. The molecule has 2 nitrogen and oxygen atoms in total. The van der Waals surface area contributed by atoms with Crippen molar-refractivity contribution in [2.75, 3.05) is 12.9 Å². The summed E-state index contributed by atoms with van der Waals surface area (Å²) >= 11 is 1.83. The van der Waals surface area contributed by atoms with Gasteiger partial charge in [-0.15, -0.1) is 11.8 Å². The molecule has 0 N–H and O–H groups in total. The third-order valence-electron chi connectivity index (χ3n) is 3.12. The quantitative estimate of drug-likeness (QED) is 0.720. The van der Waals surface area contributed by atoms with Crippen molar-refractivity contribution >= 4 is 17.7 Å². The van der Waals surface area contributed by atoms with Crippen molar-refractivity contribution in [3.63, 3.8) is 0 Å². The molecule has 0 fully saturated rings. The highest BCUT2D eigenvalue weighted by molar-refractivity contribution is 7.99. The lowest BCUT2D eigenvalue weighted by Gasteiger charge is -2.02. The van der Waals surface area contributed by atoms with Gasteiger partial charge in [-0.3, -0.25) is 0 Å². The van der Waals surface area contributed by atoms with Gasteiger partial charge in [-0.2, -0.15) is 0 Å². The van der Waals surface area contributed by atoms with Gasteiger partial charge >= 0.3 is 5.97 Å². The molecular formula is C14H12O2S. The maximum absolute atomic E-state index is 11.9. The van der Waals surface area contributed by atoms with Crippen molar-refractivity contribution in [1.29, 1.82) is 0 Å². The van der Waals surface area contributed by atoms with E-state index in [1.165, 1.54) is 23.1 Å². The van der Waals surface area contributed by atoms with Crippen molar-refractivity contribution in [1.82, 2.24) is 0 Å². The Morgan fingerprint density at radius 1 is 1.24 bits per heavy atom. The highest BCUT2D eigenvalue weighted by Crippen LogP contribution is 2.46. The van der Waals surface area contributed by atoms with Crippen LogP contribution in [-0.4, -0.2) is 18.8 Å². The van der Waals surface area contributed by atoms with Gasteiger partial charge in [0.05, 0.1) is 12.7 Å². The molecule has 0 bridgehead atoms. The van der Waals surface area contributed by atoms with Crippen molar-refractivity contribution in [3.8, 4) is 11.1 Å². The lowest BCUT2D eigenvalue weighted by Crippen LogP contribution is -2.03. The minimum Gasteiger partial charge on any atom is -0.465 e. The predicted octanol–water partition coefficient (Wildman–Crippen LogP) is 3.23. The fourth-order valence-corrected chi connectivity index (χ4v) is 3.62. The van der Waals surface area contributed by atoms with Crippen LogP contribution in [0.4, 0.5) is 0 Å². The van der Waals surface area contributed by atoms with Crippen LogP contribution >= 0.6 is 11.8 Å². The number of thioether (sulfide) groups is 1. The summed E-state index contributed by atoms with van der Waals surface area (Å²) < 4.78 is 4.91. The molecule has 86 valence electrons. The molecule has 3 aliphatic rings. The first kappa shape index (κ1) is 10.7. The number of carbonyl (C=O) groups is 1. The van der Waals surface area contributed by atoms with Crippen molar-refractivity contribution < 1.29 is 9.53 Å². The van der Waals surface area contributed by atoms with E-state index < -0.39 is 0 Å². The van der Waals surface area contributed by atoms with Gasteiger partial charge in [-0.05, 0) is 23.1 Å². The smallest absolute Gasteiger partial charge is 0.338 e. The van der Waals surface area contributed by atoms with E-state index in [1.54, 1.807) is 0 Å². The minimum absolute atomic E-state index is 0.218. The van der Waals surface area contributed by atoms with Gasteiger partial charge in [0.15, 0.2) is 0 Å². The number of hydrogen-bond acceptors (Lipinski definition) is 3. The number of carbonyl (C=O) groups excluding carboxylic acids is 1. The molecule has 17 heavy (non-hydrogen) atoms. The van der Waals surface area contributed by atoms with E-state index in [4.69, 9.17) is 4.74 Å². The summed E-state index contributed by atoms with van der Waals surface area (Å²) in [5.74, 6) is 0.841. The van der Waals surface area contributed by atoms with E-state index in [0.29, 0.717) is 0 Å². The molecule has 3 rings (SSSR count). The zero-order valence-electron chi connectivity index (χ0n) is 9.53. The summed E-state index contributed by atoms with van der Waals surface area (Å²) in [7, 11) is 1.44. The summed E-state index contributed by atoms with van der Waals surface area (Å²) in [6, 6.07) is 10.0. The molecule has 0 amide bonds. The van der Waals surface area contributed by atoms with Crippen LogP contribution in [0.15, 0.2) is 35.2 Å². The fraction of sp³-hybridized carbons (Fsp3) is 0.214. The Kier molecular flexibility index (Phi) is 2.56. The van der Waals surface area contributed by atoms with E-state index in [2.05, 4.69) is 6.07 Å². The van der Waals surface area contributed by atoms with E-state index in [1.807, 2.05) is 36.0 Å². The third-order valence-corrected chi connectivity index (χ3v) is 4.28. The van der Waals surface area contributed by atoms with Gasteiger partial charge in [0.25, 0.3) is 0 Å². The van der Waals surface area contributed by atoms with Crippen LogP contribution in [0.5, 0.6) is 0 Å². The molecule has 0 spiro atoms. The van der Waals surface area contributed by atoms with Crippen LogP contribution in [0.25, 0.3) is 11.1 Å². The molecule has 2 aliphatic carbocycles. The lowest BCUT2D eigenvalue weighted by atomic mass is 10.1. The zero-order valence-corrected chi connectivity index (χ0v) is 10.3. The maximum Gasteiger partial charge on any atom is 0.338 e. The Labute approximate surface area is 104 Å². The molecular weight excluding hydrogens is 232 g/mol. The van der Waals surface area contributed by atoms with Gasteiger partial charge in [-0.1, -0.05) is 30.3 Å². The Morgan fingerprint density at radius 2 is 2.00 bits per heavy atom. The normalized spacial score (nSPS) is 13.7. The summed E-state index contributed by atoms with van der Waals surface area (Å²) in [6.45, 7) is 0. The van der Waals surface area contributed by atoms with Gasteiger partial charge in [0, 0.05) is 10.6 Å². The third kappa shape index (κ3) is 1.53. The lowest BCUT2D eigenvalue weighted by molar-refractivity contribution is 0.0601. The first-order valence-corrected chi connectivity index (χ1v) is 6.56. The number of esters is 1. The zero-order chi connectivity index (χ0) is 11.8. The molecule has 3 heteroatoms. The minimum atomic E-state index is -0.218. The Bertz CT molecular complexity index is 563. The van der Waals surface area contributed by atoms with Crippen molar-refractivity contribution in [2.45, 2.75) is 11.3 Å². The van der Waals surface area contributed by atoms with Gasteiger partial charge in [0.2, 0.25) is 0 Å². The number of fused-ring (bicyclic) bond motifs is 3. The topological polar surface area (TPSA) is 26.3 Å². The molecule has 0 saturated heterocycles. The number of hydrogen-bond donors (Lipinski definition) is 0. The second kappa shape index (κ2) is 4.08. The van der Waals surface area contributed by atoms with E-state index in [9.17, 15) is 4.79 Å². The standard InChI is InChI=1S/C14H12O2S/c1-16-14(15)12-9-5-3-2-4-6-10(9)13-11(12)7-8-17-13/h2-6H,7-8H2,1H3. The van der Waals surface area contributed by atoms with Crippen LogP contribution in [0.1, 0.15) is 15.9 Å². The van der Waals surface area contributed by atoms with E-state index in [0.717, 1.165) is 23.3 Å². The largest absolute Gasteiger partial charge is 0.465 e. The highest BCUT2D eigenvalue weighted by atomic mass is 32.2. The number of rotatable bonds is 1. The van der Waals surface area contributed by atoms with Crippen LogP contribution in [0.3, 0.4) is 0 Å². The number of methoxy groups -OCH3 is 1. The molecule has 0 saturated carbocycles. The van der Waals surface area contributed by atoms with E-state index in [-0.39, 0.29) is 5.97 Å². The van der Waals surface area contributed by atoms with Gasteiger partial charge in [0.1, 0.15) is 0 Å². The van der Waals surface area contributed by atoms with Crippen LogP contribution in [0.2, 0.25) is 0 Å². The summed E-state index contributed by atoms with van der Waals surface area (Å²) in [5.41, 5.74) is 4.12. The van der Waals surface area contributed by atoms with Crippen LogP contribution in [-0.2, 0) is 11.2 Å². The van der Waals surface area contributed by atoms with Crippen molar-refractivity contribution in [3.05, 3.63) is 41.5 Å². The maximum atomic E-state index is 11.9. The van der Waals surface area contributed by atoms with E-state index >= 15 is 0 Å². The molecule has 0 aromatic carbocycles. The Balaban J connectivity index is 2.33. The molecule has 0 radical (unpaired) electrons. The predicted molar refractivity (Wildman–Crippen MR) is 68.8 cm³/mol. The molecule has 0 aromatic rings. The first-order chi connectivity index (χ1) is 8.33. The highest BCUT2D eigenvalue weighted by Gasteiger charge is 2.30. The SMILES string of the molecule is COC(=O)c1c2cccccc-2c2c1CCS2. The van der Waals surface area contributed by atoms with Crippen LogP contribution in [0, 0.1) is 0 Å². The number of ether oxygens (including phenoxy) is 1. The molecule has 0 unspecified atom stereocenters.